The fraction of sp³-hybridized carbons (Fsp3) is 0.182. The van der Waals surface area contributed by atoms with E-state index in [1.807, 2.05) is 0 Å². The highest BCUT2D eigenvalue weighted by molar-refractivity contribution is 6.08. The van der Waals surface area contributed by atoms with Gasteiger partial charge in [-0.25, -0.2) is 0 Å². The largest absolute Gasteiger partial charge is 0.478 e. The second-order valence-electron chi connectivity index (χ2n) is 6.80. The highest BCUT2D eigenvalue weighted by Gasteiger charge is 2.20. The zero-order valence-corrected chi connectivity index (χ0v) is 14.3. The number of rotatable bonds is 2. The predicted octanol–water partition coefficient (Wildman–Crippen LogP) is 4.68. The predicted molar refractivity (Wildman–Crippen MR) is 102 cm³/mol. The van der Waals surface area contributed by atoms with Gasteiger partial charge in [0.05, 0.1) is 5.52 Å². The van der Waals surface area contributed by atoms with Gasteiger partial charge < -0.3 is 9.30 Å². The molecule has 0 fully saturated rings. The highest BCUT2D eigenvalue weighted by atomic mass is 16.5. The van der Waals surface area contributed by atoms with Gasteiger partial charge in [-0.3, -0.25) is 4.90 Å². The first-order valence-corrected chi connectivity index (χ1v) is 8.69. The quantitative estimate of drug-likeness (QED) is 0.531. The van der Waals surface area contributed by atoms with Crippen molar-refractivity contribution < 1.29 is 4.74 Å². The lowest BCUT2D eigenvalue weighted by molar-refractivity contribution is 0.0889. The minimum atomic E-state index is 0.636. The van der Waals surface area contributed by atoms with Crippen LogP contribution in [0.2, 0.25) is 0 Å². The average Bonchev–Trinajstić information content (AvgIpc) is 2.93. The zero-order valence-electron chi connectivity index (χ0n) is 14.3. The Labute approximate surface area is 147 Å². The Morgan fingerprint density at radius 2 is 1.68 bits per heavy atom. The summed E-state index contributed by atoms with van der Waals surface area (Å²) in [5, 5.41) is 2.62. The monoisotopic (exact) mass is 328 g/mol. The Balaban J connectivity index is 1.55. The molecule has 1 aliphatic heterocycles. The first-order valence-electron chi connectivity index (χ1n) is 8.69. The lowest BCUT2D eigenvalue weighted by Gasteiger charge is -2.29. The summed E-state index contributed by atoms with van der Waals surface area (Å²) in [5.74, 6) is 1.02. The van der Waals surface area contributed by atoms with Crippen molar-refractivity contribution in [2.75, 3.05) is 6.73 Å². The van der Waals surface area contributed by atoms with Crippen LogP contribution in [0.3, 0.4) is 0 Å². The number of ether oxygens (including phenoxy) is 1. The zero-order chi connectivity index (χ0) is 16.8. The molecule has 0 radical (unpaired) electrons. The van der Waals surface area contributed by atoms with Crippen molar-refractivity contribution in [2.45, 2.75) is 13.1 Å². The van der Waals surface area contributed by atoms with E-state index < -0.39 is 0 Å². The third-order valence-corrected chi connectivity index (χ3v) is 5.14. The molecule has 1 aliphatic rings. The number of hydrogen-bond acceptors (Lipinski definition) is 2. The van der Waals surface area contributed by atoms with Gasteiger partial charge in [-0.05, 0) is 17.7 Å². The van der Waals surface area contributed by atoms with Crippen LogP contribution < -0.4 is 4.74 Å². The van der Waals surface area contributed by atoms with Gasteiger partial charge in [-0.15, -0.1) is 0 Å². The minimum absolute atomic E-state index is 0.636. The molecule has 0 saturated heterocycles. The number of aryl methyl sites for hydroxylation is 1. The Morgan fingerprint density at radius 1 is 0.880 bits per heavy atom. The lowest BCUT2D eigenvalue weighted by Crippen LogP contribution is -2.31. The summed E-state index contributed by atoms with van der Waals surface area (Å²) in [5.41, 5.74) is 5.09. The minimum Gasteiger partial charge on any atom is -0.478 e. The van der Waals surface area contributed by atoms with Gasteiger partial charge in [-0.1, -0.05) is 48.5 Å². The first-order chi connectivity index (χ1) is 12.3. The van der Waals surface area contributed by atoms with Crippen molar-refractivity contribution in [3.8, 4) is 5.75 Å². The van der Waals surface area contributed by atoms with Crippen LogP contribution in [0.25, 0.3) is 21.8 Å². The molecule has 124 valence electrons. The third kappa shape index (κ3) is 2.39. The fourth-order valence-electron chi connectivity index (χ4n) is 3.88. The molecular formula is C22H20N2O. The Hall–Kier alpha value is -2.78. The van der Waals surface area contributed by atoms with Crippen molar-refractivity contribution in [3.05, 3.63) is 77.9 Å². The smallest absolute Gasteiger partial charge is 0.142 e. The van der Waals surface area contributed by atoms with Gasteiger partial charge in [0.2, 0.25) is 0 Å². The maximum atomic E-state index is 6.08. The molecule has 0 bridgehead atoms. The van der Waals surface area contributed by atoms with Crippen LogP contribution in [0.15, 0.2) is 66.7 Å². The molecule has 0 spiro atoms. The maximum absolute atomic E-state index is 6.08. The van der Waals surface area contributed by atoms with E-state index in [9.17, 15) is 0 Å². The molecule has 3 nitrogen and oxygen atoms in total. The topological polar surface area (TPSA) is 17.4 Å². The number of fused-ring (bicyclic) bond motifs is 4. The molecule has 1 aromatic heterocycles. The van der Waals surface area contributed by atoms with Crippen molar-refractivity contribution in [1.82, 2.24) is 9.47 Å². The molecule has 2 heterocycles. The number of nitrogens with zero attached hydrogens (tertiary/aromatic N) is 2. The second-order valence-corrected chi connectivity index (χ2v) is 6.80. The summed E-state index contributed by atoms with van der Waals surface area (Å²) in [6.45, 7) is 2.47. The molecular weight excluding hydrogens is 308 g/mol. The average molecular weight is 328 g/mol. The van der Waals surface area contributed by atoms with E-state index in [0.29, 0.717) is 6.73 Å². The summed E-state index contributed by atoms with van der Waals surface area (Å²) >= 11 is 0. The van der Waals surface area contributed by atoms with Gasteiger partial charge in [0.15, 0.2) is 0 Å². The van der Waals surface area contributed by atoms with E-state index in [4.69, 9.17) is 4.74 Å². The van der Waals surface area contributed by atoms with E-state index in [1.54, 1.807) is 0 Å². The SMILES string of the molecule is Cn1c2ccccc2c2cc3c(cc21)OCN(Cc1ccccc1)C3. The second kappa shape index (κ2) is 5.64. The van der Waals surface area contributed by atoms with Crippen LogP contribution in [-0.4, -0.2) is 16.2 Å². The van der Waals surface area contributed by atoms with Crippen LogP contribution in [0.5, 0.6) is 5.75 Å². The normalized spacial score (nSPS) is 14.6. The summed E-state index contributed by atoms with van der Waals surface area (Å²) in [6.07, 6.45) is 0. The standard InChI is InChI=1S/C22H20N2O/c1-23-20-10-6-5-9-18(20)19-11-17-14-24(13-16-7-3-2-4-8-16)15-25-22(17)12-21(19)23/h2-12H,13-15H2,1H3. The Morgan fingerprint density at radius 3 is 2.56 bits per heavy atom. The van der Waals surface area contributed by atoms with E-state index in [-0.39, 0.29) is 0 Å². The van der Waals surface area contributed by atoms with Crippen molar-refractivity contribution in [2.24, 2.45) is 7.05 Å². The van der Waals surface area contributed by atoms with Gasteiger partial charge in [-0.2, -0.15) is 0 Å². The van der Waals surface area contributed by atoms with E-state index in [0.717, 1.165) is 18.8 Å². The number of hydrogen-bond donors (Lipinski definition) is 0. The molecule has 0 saturated carbocycles. The van der Waals surface area contributed by atoms with Gasteiger partial charge in [0.1, 0.15) is 12.5 Å². The van der Waals surface area contributed by atoms with E-state index >= 15 is 0 Å². The van der Waals surface area contributed by atoms with Gasteiger partial charge in [0, 0.05) is 48.1 Å². The van der Waals surface area contributed by atoms with Gasteiger partial charge in [0.25, 0.3) is 0 Å². The molecule has 0 N–H and O–H groups in total. The van der Waals surface area contributed by atoms with Gasteiger partial charge >= 0.3 is 0 Å². The first kappa shape index (κ1) is 14.6. The summed E-state index contributed by atoms with van der Waals surface area (Å²) < 4.78 is 8.33. The van der Waals surface area contributed by atoms with Crippen molar-refractivity contribution in [1.29, 1.82) is 0 Å². The number of benzene rings is 3. The maximum Gasteiger partial charge on any atom is 0.142 e. The van der Waals surface area contributed by atoms with Crippen molar-refractivity contribution >= 4 is 21.8 Å². The molecule has 4 aromatic rings. The van der Waals surface area contributed by atoms with Crippen LogP contribution in [0.4, 0.5) is 0 Å². The molecule has 0 aliphatic carbocycles. The molecule has 0 amide bonds. The van der Waals surface area contributed by atoms with E-state index in [2.05, 4.69) is 83.2 Å². The molecule has 0 unspecified atom stereocenters. The molecule has 0 atom stereocenters. The summed E-state index contributed by atoms with van der Waals surface area (Å²) in [6, 6.07) is 23.7. The molecule has 3 heteroatoms. The van der Waals surface area contributed by atoms with Crippen molar-refractivity contribution in [3.63, 3.8) is 0 Å². The van der Waals surface area contributed by atoms with Crippen LogP contribution in [0.1, 0.15) is 11.1 Å². The fourth-order valence-corrected chi connectivity index (χ4v) is 3.88. The number of para-hydroxylation sites is 1. The lowest BCUT2D eigenvalue weighted by atomic mass is 10.1. The molecule has 25 heavy (non-hydrogen) atoms. The Bertz CT molecular complexity index is 1070. The van der Waals surface area contributed by atoms with Crippen LogP contribution in [0, 0.1) is 0 Å². The highest BCUT2D eigenvalue weighted by Crippen LogP contribution is 2.35. The molecule has 5 rings (SSSR count). The number of aromatic nitrogens is 1. The van der Waals surface area contributed by atoms with Crippen LogP contribution in [-0.2, 0) is 20.1 Å². The Kier molecular flexibility index (Phi) is 3.28. The third-order valence-electron chi connectivity index (χ3n) is 5.14. The summed E-state index contributed by atoms with van der Waals surface area (Å²) in [4.78, 5) is 2.34. The van der Waals surface area contributed by atoms with Crippen LogP contribution >= 0.6 is 0 Å². The summed E-state index contributed by atoms with van der Waals surface area (Å²) in [7, 11) is 2.13. The van der Waals surface area contributed by atoms with E-state index in [1.165, 1.54) is 32.9 Å². The molecule has 3 aromatic carbocycles.